The van der Waals surface area contributed by atoms with E-state index >= 15 is 0 Å². The van der Waals surface area contributed by atoms with Crippen molar-refractivity contribution in [1.82, 2.24) is 4.90 Å². The largest absolute Gasteiger partial charge is 0.341 e. The fourth-order valence-electron chi connectivity index (χ4n) is 3.12. The number of likely N-dealkylation sites (tertiary alicyclic amines) is 1. The maximum atomic E-state index is 12.6. The van der Waals surface area contributed by atoms with Gasteiger partial charge in [-0.3, -0.25) is 4.79 Å². The van der Waals surface area contributed by atoms with Crippen molar-refractivity contribution in [3.05, 3.63) is 65.7 Å². The zero-order valence-electron chi connectivity index (χ0n) is 14.2. The van der Waals surface area contributed by atoms with Crippen molar-refractivity contribution in [2.24, 2.45) is 5.73 Å². The second kappa shape index (κ2) is 8.33. The van der Waals surface area contributed by atoms with Gasteiger partial charge in [0.15, 0.2) is 0 Å². The van der Waals surface area contributed by atoms with Crippen LogP contribution in [-0.4, -0.2) is 44.1 Å². The summed E-state index contributed by atoms with van der Waals surface area (Å²) in [7, 11) is -4.67. The molecule has 0 unspecified atom stereocenters. The summed E-state index contributed by atoms with van der Waals surface area (Å²) in [6.07, 6.45) is 0. The molecule has 0 aromatic heterocycles. The van der Waals surface area contributed by atoms with Gasteiger partial charge in [-0.1, -0.05) is 30.3 Å². The van der Waals surface area contributed by atoms with Gasteiger partial charge in [-0.05, 0) is 29.8 Å². The molecule has 1 heterocycles. The summed E-state index contributed by atoms with van der Waals surface area (Å²) in [4.78, 5) is 13.7. The second-order valence-electron chi connectivity index (χ2n) is 6.22. The molecule has 0 saturated carbocycles. The van der Waals surface area contributed by atoms with Crippen LogP contribution in [0.2, 0.25) is 0 Å². The molecule has 1 aliphatic rings. The molecule has 1 aliphatic heterocycles. The zero-order valence-corrected chi connectivity index (χ0v) is 15.8. The van der Waals surface area contributed by atoms with E-state index in [1.165, 1.54) is 12.1 Å². The van der Waals surface area contributed by atoms with Crippen LogP contribution in [-0.2, 0) is 9.84 Å². The van der Waals surface area contributed by atoms with E-state index in [0.717, 1.165) is 17.7 Å². The van der Waals surface area contributed by atoms with Gasteiger partial charge in [0.05, 0.1) is 4.90 Å². The zero-order chi connectivity index (χ0) is 18.9. The van der Waals surface area contributed by atoms with Crippen molar-refractivity contribution in [3.63, 3.8) is 0 Å². The van der Waals surface area contributed by atoms with E-state index in [0.29, 0.717) is 13.1 Å². The topological polar surface area (TPSA) is 80.5 Å². The summed E-state index contributed by atoms with van der Waals surface area (Å²) < 4.78 is 48.0. The molecular weight excluding hydrogens is 398 g/mol. The van der Waals surface area contributed by atoms with E-state index in [4.69, 9.17) is 5.73 Å². The standard InChI is InChI=1S/C18H18F2N2O3S.ClH/c19-18(20)26(24,25)14-8-6-13(7-9-14)17(23)22-10-15(16(21)11-22)12-4-2-1-3-5-12;/h1-9,15-16,18H,10-11,21H2;1H/t15-,16+;/m0./s1. The summed E-state index contributed by atoms with van der Waals surface area (Å²) >= 11 is 0. The predicted octanol–water partition coefficient (Wildman–Crippen LogP) is 2.67. The van der Waals surface area contributed by atoms with Gasteiger partial charge in [0.25, 0.3) is 5.91 Å². The van der Waals surface area contributed by atoms with Gasteiger partial charge in [0.1, 0.15) is 0 Å². The smallest absolute Gasteiger partial charge is 0.336 e. The Morgan fingerprint density at radius 3 is 2.19 bits per heavy atom. The van der Waals surface area contributed by atoms with Gasteiger partial charge in [0.2, 0.25) is 9.84 Å². The predicted molar refractivity (Wildman–Crippen MR) is 99.9 cm³/mol. The lowest BCUT2D eigenvalue weighted by atomic mass is 9.95. The maximum Gasteiger partial charge on any atom is 0.341 e. The fourth-order valence-corrected chi connectivity index (χ4v) is 3.84. The third-order valence-corrected chi connectivity index (χ3v) is 5.94. The minimum atomic E-state index is -4.67. The Bertz CT molecular complexity index is 893. The fraction of sp³-hybridized carbons (Fsp3) is 0.278. The monoisotopic (exact) mass is 416 g/mol. The SMILES string of the molecule is Cl.N[C@@H]1CN(C(=O)c2ccc(S(=O)(=O)C(F)F)cc2)C[C@H]1c1ccccc1. The third-order valence-electron chi connectivity index (χ3n) is 4.54. The Kier molecular flexibility index (Phi) is 6.56. The van der Waals surface area contributed by atoms with Gasteiger partial charge < -0.3 is 10.6 Å². The average Bonchev–Trinajstić information content (AvgIpc) is 3.03. The molecule has 3 rings (SSSR count). The van der Waals surface area contributed by atoms with Crippen molar-refractivity contribution in [3.8, 4) is 0 Å². The Hall–Kier alpha value is -2.03. The number of sulfone groups is 1. The van der Waals surface area contributed by atoms with Crippen molar-refractivity contribution in [2.45, 2.75) is 22.6 Å². The minimum Gasteiger partial charge on any atom is -0.336 e. The number of carbonyl (C=O) groups excluding carboxylic acids is 1. The highest BCUT2D eigenvalue weighted by atomic mass is 35.5. The lowest BCUT2D eigenvalue weighted by molar-refractivity contribution is 0.0789. The first-order valence-electron chi connectivity index (χ1n) is 8.02. The lowest BCUT2D eigenvalue weighted by Gasteiger charge is -2.17. The quantitative estimate of drug-likeness (QED) is 0.830. The summed E-state index contributed by atoms with van der Waals surface area (Å²) in [6, 6.07) is 14.0. The Balaban J connectivity index is 0.00000261. The van der Waals surface area contributed by atoms with Crippen LogP contribution in [0.1, 0.15) is 21.8 Å². The second-order valence-corrected chi connectivity index (χ2v) is 8.14. The van der Waals surface area contributed by atoms with Crippen molar-refractivity contribution in [2.75, 3.05) is 13.1 Å². The highest BCUT2D eigenvalue weighted by Gasteiger charge is 2.34. The van der Waals surface area contributed by atoms with E-state index in [1.807, 2.05) is 30.3 Å². The van der Waals surface area contributed by atoms with E-state index in [2.05, 4.69) is 0 Å². The van der Waals surface area contributed by atoms with E-state index in [9.17, 15) is 22.0 Å². The van der Waals surface area contributed by atoms with Crippen LogP contribution in [0.25, 0.3) is 0 Å². The number of benzene rings is 2. The number of nitrogens with zero attached hydrogens (tertiary/aromatic N) is 1. The first-order valence-corrected chi connectivity index (χ1v) is 9.57. The Morgan fingerprint density at radius 2 is 1.63 bits per heavy atom. The lowest BCUT2D eigenvalue weighted by Crippen LogP contribution is -2.32. The van der Waals surface area contributed by atoms with Crippen LogP contribution < -0.4 is 5.73 Å². The van der Waals surface area contributed by atoms with Gasteiger partial charge in [-0.2, -0.15) is 8.78 Å². The number of hydrogen-bond donors (Lipinski definition) is 1. The summed E-state index contributed by atoms with van der Waals surface area (Å²) in [5.41, 5.74) is 7.46. The molecule has 2 atom stereocenters. The average molecular weight is 417 g/mol. The Morgan fingerprint density at radius 1 is 1.04 bits per heavy atom. The number of nitrogens with two attached hydrogens (primary N) is 1. The minimum absolute atomic E-state index is 0. The summed E-state index contributed by atoms with van der Waals surface area (Å²) in [5.74, 6) is -3.79. The first-order chi connectivity index (χ1) is 12.3. The summed E-state index contributed by atoms with van der Waals surface area (Å²) in [6.45, 7) is 0.816. The molecule has 1 saturated heterocycles. The number of rotatable bonds is 4. The van der Waals surface area contributed by atoms with E-state index < -0.39 is 20.5 Å². The van der Waals surface area contributed by atoms with Crippen molar-refractivity contribution < 1.29 is 22.0 Å². The van der Waals surface area contributed by atoms with Gasteiger partial charge in [0, 0.05) is 30.6 Å². The molecule has 146 valence electrons. The van der Waals surface area contributed by atoms with Gasteiger partial charge in [-0.25, -0.2) is 8.42 Å². The molecule has 2 aromatic rings. The maximum absolute atomic E-state index is 12.6. The van der Waals surface area contributed by atoms with Crippen molar-refractivity contribution >= 4 is 28.2 Å². The molecule has 5 nitrogen and oxygen atoms in total. The molecule has 0 radical (unpaired) electrons. The number of amides is 1. The molecule has 9 heteroatoms. The number of hydrogen-bond acceptors (Lipinski definition) is 4. The van der Waals surface area contributed by atoms with Crippen molar-refractivity contribution in [1.29, 1.82) is 0 Å². The van der Waals surface area contributed by atoms with Crippen LogP contribution in [0.5, 0.6) is 0 Å². The third kappa shape index (κ3) is 4.28. The summed E-state index contributed by atoms with van der Waals surface area (Å²) in [5, 5.41) is 0. The van der Waals surface area contributed by atoms with Gasteiger partial charge >= 0.3 is 5.76 Å². The highest BCUT2D eigenvalue weighted by Crippen LogP contribution is 2.28. The first kappa shape index (κ1) is 21.3. The number of carbonyl (C=O) groups is 1. The molecular formula is C18H19ClF2N2O3S. The van der Waals surface area contributed by atoms with E-state index in [1.54, 1.807) is 4.90 Å². The molecule has 1 amide bonds. The molecule has 0 aliphatic carbocycles. The van der Waals surface area contributed by atoms with Crippen LogP contribution in [0.3, 0.4) is 0 Å². The van der Waals surface area contributed by atoms with Crippen LogP contribution >= 0.6 is 12.4 Å². The number of alkyl halides is 2. The Labute approximate surface area is 162 Å². The highest BCUT2D eigenvalue weighted by molar-refractivity contribution is 7.91. The molecule has 2 N–H and O–H groups in total. The van der Waals surface area contributed by atoms with Gasteiger partial charge in [-0.15, -0.1) is 12.4 Å². The van der Waals surface area contributed by atoms with Crippen LogP contribution in [0.15, 0.2) is 59.5 Å². The molecule has 0 bridgehead atoms. The molecule has 27 heavy (non-hydrogen) atoms. The normalized spacial score (nSPS) is 19.8. The molecule has 1 fully saturated rings. The molecule has 2 aromatic carbocycles. The van der Waals surface area contributed by atoms with Crippen LogP contribution in [0.4, 0.5) is 8.78 Å². The van der Waals surface area contributed by atoms with E-state index in [-0.39, 0.29) is 35.8 Å². The van der Waals surface area contributed by atoms with Crippen LogP contribution in [0, 0.1) is 0 Å². The number of halogens is 3. The molecule has 0 spiro atoms.